The molecule has 0 aliphatic rings. The van der Waals surface area contributed by atoms with E-state index in [4.69, 9.17) is 4.74 Å². The van der Waals surface area contributed by atoms with Gasteiger partial charge in [-0.3, -0.25) is 0 Å². The van der Waals surface area contributed by atoms with Crippen LogP contribution < -0.4 is 0 Å². The summed E-state index contributed by atoms with van der Waals surface area (Å²) in [6.07, 6.45) is 0. The third-order valence-electron chi connectivity index (χ3n) is 0.964. The average Bonchev–Trinajstić information content (AvgIpc) is 2.38. The summed E-state index contributed by atoms with van der Waals surface area (Å²) < 4.78 is 4.72. The largest absolute Gasteiger partial charge is 0.462 e. The molecule has 0 aromatic carbocycles. The predicted molar refractivity (Wildman–Crippen MR) is 39.1 cm³/mol. The van der Waals surface area contributed by atoms with Gasteiger partial charge in [0.15, 0.2) is 0 Å². The Balaban J connectivity index is 2.59. The minimum absolute atomic E-state index is 0.288. The van der Waals surface area contributed by atoms with Gasteiger partial charge in [0.2, 0.25) is 0 Å². The fraction of sp³-hybridized carbons (Fsp3) is 0.286. The lowest BCUT2D eigenvalue weighted by Gasteiger charge is -1.95. The van der Waals surface area contributed by atoms with Gasteiger partial charge in [-0.05, 0) is 12.3 Å². The van der Waals surface area contributed by atoms with Gasteiger partial charge in [0, 0.05) is 11.4 Å². The first-order valence-corrected chi connectivity index (χ1v) is 3.90. The van der Waals surface area contributed by atoms with Gasteiger partial charge in [-0.25, -0.2) is 4.79 Å². The summed E-state index contributed by atoms with van der Waals surface area (Å²) in [4.78, 5) is 10.9. The first-order valence-electron chi connectivity index (χ1n) is 2.95. The van der Waals surface area contributed by atoms with E-state index in [2.05, 4.69) is 6.07 Å². The number of ether oxygens (including phenoxy) is 1. The topological polar surface area (TPSA) is 26.3 Å². The Morgan fingerprint density at radius 1 is 1.90 bits per heavy atom. The molecule has 1 radical (unpaired) electrons. The highest BCUT2D eigenvalue weighted by Crippen LogP contribution is 2.05. The van der Waals surface area contributed by atoms with Crippen molar-refractivity contribution in [2.24, 2.45) is 0 Å². The molecule has 1 aromatic heterocycles. The van der Waals surface area contributed by atoms with Crippen LogP contribution in [0.5, 0.6) is 0 Å². The fourth-order valence-corrected chi connectivity index (χ4v) is 1.11. The van der Waals surface area contributed by atoms with Crippen LogP contribution in [0.1, 0.15) is 17.3 Å². The van der Waals surface area contributed by atoms with Crippen molar-refractivity contribution in [1.29, 1.82) is 0 Å². The monoisotopic (exact) mass is 155 g/mol. The first kappa shape index (κ1) is 7.28. The van der Waals surface area contributed by atoms with E-state index in [9.17, 15) is 4.79 Å². The SMILES string of the molecule is CCOC(=O)c1[c]csc1. The minimum atomic E-state index is -0.288. The molecule has 53 valence electrons. The second-order valence-electron chi connectivity index (χ2n) is 1.65. The third kappa shape index (κ3) is 1.57. The van der Waals surface area contributed by atoms with Crippen molar-refractivity contribution in [3.63, 3.8) is 0 Å². The normalized spacial score (nSPS) is 9.30. The Hall–Kier alpha value is -0.830. The molecule has 0 saturated heterocycles. The highest BCUT2D eigenvalue weighted by atomic mass is 32.1. The highest BCUT2D eigenvalue weighted by Gasteiger charge is 2.04. The number of rotatable bonds is 2. The summed E-state index contributed by atoms with van der Waals surface area (Å²) in [5, 5.41) is 3.45. The van der Waals surface area contributed by atoms with Crippen molar-refractivity contribution in [3.8, 4) is 0 Å². The summed E-state index contributed by atoms with van der Waals surface area (Å²) in [6.45, 7) is 2.20. The molecule has 0 amide bonds. The first-order chi connectivity index (χ1) is 4.84. The molecule has 0 bridgehead atoms. The number of hydrogen-bond acceptors (Lipinski definition) is 3. The Morgan fingerprint density at radius 3 is 3.20 bits per heavy atom. The van der Waals surface area contributed by atoms with Gasteiger partial charge in [-0.2, -0.15) is 11.3 Å². The van der Waals surface area contributed by atoms with E-state index >= 15 is 0 Å². The van der Waals surface area contributed by atoms with Gasteiger partial charge in [-0.15, -0.1) is 0 Å². The second kappa shape index (κ2) is 3.37. The number of hydrogen-bond donors (Lipinski definition) is 0. The van der Waals surface area contributed by atoms with Crippen molar-refractivity contribution in [2.45, 2.75) is 6.92 Å². The number of carbonyl (C=O) groups excluding carboxylic acids is 1. The van der Waals surface area contributed by atoms with E-state index in [0.717, 1.165) is 0 Å². The maximum atomic E-state index is 10.9. The van der Waals surface area contributed by atoms with Crippen LogP contribution >= 0.6 is 11.3 Å². The zero-order valence-corrected chi connectivity index (χ0v) is 6.40. The van der Waals surface area contributed by atoms with Gasteiger partial charge in [0.05, 0.1) is 12.2 Å². The molecular weight excluding hydrogens is 148 g/mol. The van der Waals surface area contributed by atoms with Crippen molar-refractivity contribution in [1.82, 2.24) is 0 Å². The predicted octanol–water partition coefficient (Wildman–Crippen LogP) is 1.72. The van der Waals surface area contributed by atoms with E-state index in [-0.39, 0.29) is 5.97 Å². The van der Waals surface area contributed by atoms with Crippen molar-refractivity contribution in [3.05, 3.63) is 22.4 Å². The number of thiophene rings is 1. The van der Waals surface area contributed by atoms with Crippen LogP contribution in [0.25, 0.3) is 0 Å². The molecule has 0 unspecified atom stereocenters. The second-order valence-corrected chi connectivity index (χ2v) is 2.39. The summed E-state index contributed by atoms with van der Waals surface area (Å²) in [5.41, 5.74) is 0.520. The van der Waals surface area contributed by atoms with Gasteiger partial charge in [-0.1, -0.05) is 0 Å². The van der Waals surface area contributed by atoms with E-state index in [1.54, 1.807) is 17.7 Å². The molecule has 0 saturated carbocycles. The van der Waals surface area contributed by atoms with Crippen molar-refractivity contribution < 1.29 is 9.53 Å². The lowest BCUT2D eigenvalue weighted by molar-refractivity contribution is 0.0526. The molecule has 1 aromatic rings. The van der Waals surface area contributed by atoms with E-state index < -0.39 is 0 Å². The lowest BCUT2D eigenvalue weighted by atomic mass is 10.3. The van der Waals surface area contributed by atoms with Crippen LogP contribution in [0.2, 0.25) is 0 Å². The van der Waals surface area contributed by atoms with Gasteiger partial charge >= 0.3 is 5.97 Å². The summed E-state index contributed by atoms with van der Waals surface area (Å²) in [6, 6.07) is 2.77. The summed E-state index contributed by atoms with van der Waals surface area (Å²) >= 11 is 1.44. The molecule has 0 N–H and O–H groups in total. The van der Waals surface area contributed by atoms with Crippen LogP contribution in [0.15, 0.2) is 10.8 Å². The quantitative estimate of drug-likeness (QED) is 0.608. The Bertz CT molecular complexity index is 203. The van der Waals surface area contributed by atoms with Crippen LogP contribution in [-0.4, -0.2) is 12.6 Å². The van der Waals surface area contributed by atoms with Crippen LogP contribution in [0.4, 0.5) is 0 Å². The molecule has 2 nitrogen and oxygen atoms in total. The lowest BCUT2D eigenvalue weighted by Crippen LogP contribution is -2.02. The molecule has 0 fully saturated rings. The molecule has 1 rings (SSSR count). The van der Waals surface area contributed by atoms with E-state index in [1.807, 2.05) is 0 Å². The minimum Gasteiger partial charge on any atom is -0.462 e. The Kier molecular flexibility index (Phi) is 2.45. The molecular formula is C7H7O2S. The molecule has 0 atom stereocenters. The third-order valence-corrected chi connectivity index (χ3v) is 1.59. The number of carbonyl (C=O) groups is 1. The highest BCUT2D eigenvalue weighted by molar-refractivity contribution is 7.08. The maximum Gasteiger partial charge on any atom is 0.339 e. The molecule has 0 aliphatic carbocycles. The molecule has 0 aliphatic heterocycles. The zero-order chi connectivity index (χ0) is 7.40. The van der Waals surface area contributed by atoms with Gasteiger partial charge in [0.1, 0.15) is 0 Å². The van der Waals surface area contributed by atoms with Gasteiger partial charge < -0.3 is 4.74 Å². The zero-order valence-electron chi connectivity index (χ0n) is 5.59. The van der Waals surface area contributed by atoms with Crippen LogP contribution in [-0.2, 0) is 4.74 Å². The molecule has 3 heteroatoms. The summed E-state index contributed by atoms with van der Waals surface area (Å²) in [7, 11) is 0. The molecule has 0 spiro atoms. The number of esters is 1. The van der Waals surface area contributed by atoms with Crippen LogP contribution in [0.3, 0.4) is 0 Å². The fourth-order valence-electron chi connectivity index (χ4n) is 0.549. The average molecular weight is 155 g/mol. The van der Waals surface area contributed by atoms with E-state index in [1.165, 1.54) is 11.3 Å². The van der Waals surface area contributed by atoms with E-state index in [0.29, 0.717) is 12.2 Å². The van der Waals surface area contributed by atoms with Gasteiger partial charge in [0.25, 0.3) is 0 Å². The maximum absolute atomic E-state index is 10.9. The van der Waals surface area contributed by atoms with Crippen molar-refractivity contribution in [2.75, 3.05) is 6.61 Å². The Labute approximate surface area is 63.4 Å². The molecule has 1 heterocycles. The standard InChI is InChI=1S/C7H7O2S/c1-2-9-7(8)6-3-4-10-5-6/h4-5H,2H2,1H3. The van der Waals surface area contributed by atoms with Crippen molar-refractivity contribution >= 4 is 17.3 Å². The Morgan fingerprint density at radius 2 is 2.70 bits per heavy atom. The molecule has 10 heavy (non-hydrogen) atoms. The summed E-state index contributed by atoms with van der Waals surface area (Å²) in [5.74, 6) is -0.288. The smallest absolute Gasteiger partial charge is 0.339 e. The van der Waals surface area contributed by atoms with Crippen LogP contribution in [0, 0.1) is 6.07 Å².